The van der Waals surface area contributed by atoms with Crippen molar-refractivity contribution in [3.63, 3.8) is 0 Å². The van der Waals surface area contributed by atoms with Gasteiger partial charge in [-0.1, -0.05) is 6.07 Å². The number of hydrogen-bond acceptors (Lipinski definition) is 4. The first kappa shape index (κ1) is 15.1. The van der Waals surface area contributed by atoms with Crippen LogP contribution in [0.3, 0.4) is 0 Å². The minimum atomic E-state index is -0.319. The number of hydrogen-bond donors (Lipinski definition) is 1. The number of nitrogens with one attached hydrogen (secondary N) is 1. The molecule has 0 atom stereocenters. The molecule has 1 aromatic heterocycles. The van der Waals surface area contributed by atoms with Crippen molar-refractivity contribution in [2.45, 2.75) is 26.4 Å². The normalized spacial score (nSPS) is 16.2. The lowest BCUT2D eigenvalue weighted by Gasteiger charge is -2.37. The summed E-state index contributed by atoms with van der Waals surface area (Å²) in [6.45, 7) is 9.14. The highest BCUT2D eigenvalue weighted by Crippen LogP contribution is 2.17. The largest absolute Gasteiger partial charge is 0.460 e. The number of halogens is 1. The van der Waals surface area contributed by atoms with E-state index >= 15 is 0 Å². The Bertz CT molecular complexity index is 478. The van der Waals surface area contributed by atoms with Crippen molar-refractivity contribution >= 4 is 27.8 Å². The quantitative estimate of drug-likeness (QED) is 0.485. The summed E-state index contributed by atoms with van der Waals surface area (Å²) in [6, 6.07) is 6.19. The number of ether oxygens (including phenoxy) is 1. The Kier molecular flexibility index (Phi) is 4.52. The number of amidine groups is 1. The van der Waals surface area contributed by atoms with Crippen molar-refractivity contribution in [3.05, 3.63) is 22.8 Å². The fourth-order valence-corrected chi connectivity index (χ4v) is 2.40. The van der Waals surface area contributed by atoms with Crippen LogP contribution < -0.4 is 4.90 Å². The Labute approximate surface area is 128 Å². The molecule has 20 heavy (non-hydrogen) atoms. The van der Waals surface area contributed by atoms with Crippen molar-refractivity contribution in [1.82, 2.24) is 9.88 Å². The predicted molar refractivity (Wildman–Crippen MR) is 84.3 cm³/mol. The van der Waals surface area contributed by atoms with Gasteiger partial charge in [0.05, 0.1) is 0 Å². The van der Waals surface area contributed by atoms with Crippen LogP contribution in [0, 0.1) is 5.41 Å². The molecule has 1 saturated heterocycles. The van der Waals surface area contributed by atoms with Crippen molar-refractivity contribution < 1.29 is 4.74 Å². The average Bonchev–Trinajstić information content (AvgIpc) is 2.37. The Morgan fingerprint density at radius 1 is 1.25 bits per heavy atom. The highest BCUT2D eigenvalue weighted by molar-refractivity contribution is 9.10. The Balaban J connectivity index is 1.91. The van der Waals surface area contributed by atoms with Crippen LogP contribution in [0.15, 0.2) is 22.8 Å². The molecule has 1 N–H and O–H groups in total. The van der Waals surface area contributed by atoms with Gasteiger partial charge in [0.1, 0.15) is 16.0 Å². The van der Waals surface area contributed by atoms with Gasteiger partial charge in [-0.3, -0.25) is 5.41 Å². The molecule has 6 heteroatoms. The number of anilines is 1. The fraction of sp³-hybridized carbons (Fsp3) is 0.571. The zero-order valence-electron chi connectivity index (χ0n) is 12.2. The van der Waals surface area contributed by atoms with Gasteiger partial charge in [0.15, 0.2) is 0 Å². The molecule has 0 unspecified atom stereocenters. The molecule has 0 radical (unpaired) electrons. The number of rotatable bonds is 1. The van der Waals surface area contributed by atoms with Crippen LogP contribution in [0.4, 0.5) is 5.82 Å². The summed E-state index contributed by atoms with van der Waals surface area (Å²) in [6.07, 6.45) is 0. The molecule has 0 spiro atoms. The second-order valence-electron chi connectivity index (χ2n) is 5.81. The zero-order valence-corrected chi connectivity index (χ0v) is 13.8. The molecule has 1 aliphatic heterocycles. The Morgan fingerprint density at radius 3 is 2.45 bits per heavy atom. The first-order valence-corrected chi connectivity index (χ1v) is 7.54. The van der Waals surface area contributed by atoms with Crippen molar-refractivity contribution in [3.8, 4) is 0 Å². The van der Waals surface area contributed by atoms with Gasteiger partial charge in [0, 0.05) is 26.2 Å². The second kappa shape index (κ2) is 5.99. The van der Waals surface area contributed by atoms with Gasteiger partial charge in [-0.2, -0.15) is 0 Å². The summed E-state index contributed by atoms with van der Waals surface area (Å²) < 4.78 is 6.45. The van der Waals surface area contributed by atoms with Crippen LogP contribution in [-0.4, -0.2) is 47.7 Å². The highest BCUT2D eigenvalue weighted by Gasteiger charge is 2.23. The number of aromatic nitrogens is 1. The number of nitrogens with zero attached hydrogens (tertiary/aromatic N) is 3. The van der Waals surface area contributed by atoms with Crippen molar-refractivity contribution in [2.75, 3.05) is 31.1 Å². The third-order valence-electron chi connectivity index (χ3n) is 2.99. The maximum Gasteiger partial charge on any atom is 0.285 e. The molecule has 0 bridgehead atoms. The van der Waals surface area contributed by atoms with Gasteiger partial charge in [0.25, 0.3) is 6.02 Å². The summed E-state index contributed by atoms with van der Waals surface area (Å²) in [5.74, 6) is 0.974. The standard InChI is InChI=1S/C14H21BrN4O/c1-14(2,3)20-13(16)19-9-7-18(8-10-19)12-6-4-5-11(15)17-12/h4-6,16H,7-10H2,1-3H3. The Hall–Kier alpha value is -1.30. The summed E-state index contributed by atoms with van der Waals surface area (Å²) in [5.41, 5.74) is -0.319. The molecule has 1 aromatic rings. The lowest BCUT2D eigenvalue weighted by molar-refractivity contribution is 0.0835. The molecule has 2 heterocycles. The van der Waals surface area contributed by atoms with Crippen molar-refractivity contribution in [2.24, 2.45) is 0 Å². The second-order valence-corrected chi connectivity index (χ2v) is 6.62. The van der Waals surface area contributed by atoms with Crippen LogP contribution in [0.5, 0.6) is 0 Å². The van der Waals surface area contributed by atoms with Gasteiger partial charge in [-0.25, -0.2) is 4.98 Å². The molecule has 0 amide bonds. The predicted octanol–water partition coefficient (Wildman–Crippen LogP) is 2.72. The van der Waals surface area contributed by atoms with Gasteiger partial charge in [0.2, 0.25) is 0 Å². The van der Waals surface area contributed by atoms with Crippen LogP contribution >= 0.6 is 15.9 Å². The maximum atomic E-state index is 8.01. The highest BCUT2D eigenvalue weighted by atomic mass is 79.9. The fourth-order valence-electron chi connectivity index (χ4n) is 2.07. The van der Waals surface area contributed by atoms with E-state index in [1.54, 1.807) is 0 Å². The summed E-state index contributed by atoms with van der Waals surface area (Å²) in [7, 11) is 0. The minimum Gasteiger partial charge on any atom is -0.460 e. The molecule has 110 valence electrons. The molecule has 1 aliphatic rings. The first-order valence-electron chi connectivity index (χ1n) is 6.75. The van der Waals surface area contributed by atoms with Gasteiger partial charge >= 0.3 is 0 Å². The van der Waals surface area contributed by atoms with E-state index in [0.29, 0.717) is 0 Å². The van der Waals surface area contributed by atoms with Gasteiger partial charge < -0.3 is 14.5 Å². The number of piperazine rings is 1. The molecular formula is C14H21BrN4O. The van der Waals surface area contributed by atoms with E-state index in [0.717, 1.165) is 36.6 Å². The number of pyridine rings is 1. The summed E-state index contributed by atoms with van der Waals surface area (Å²) in [5, 5.41) is 8.01. The van der Waals surface area contributed by atoms with E-state index in [1.165, 1.54) is 0 Å². The smallest absolute Gasteiger partial charge is 0.285 e. The topological polar surface area (TPSA) is 52.5 Å². The van der Waals surface area contributed by atoms with E-state index < -0.39 is 0 Å². The van der Waals surface area contributed by atoms with E-state index in [-0.39, 0.29) is 11.6 Å². The maximum absolute atomic E-state index is 8.01. The molecule has 1 fully saturated rings. The lowest BCUT2D eigenvalue weighted by atomic mass is 10.2. The van der Waals surface area contributed by atoms with Crippen LogP contribution in [0.25, 0.3) is 0 Å². The van der Waals surface area contributed by atoms with E-state index in [4.69, 9.17) is 10.1 Å². The van der Waals surface area contributed by atoms with Gasteiger partial charge in [-0.05, 0) is 48.8 Å². The Morgan fingerprint density at radius 2 is 1.90 bits per heavy atom. The SMILES string of the molecule is CC(C)(C)OC(=N)N1CCN(c2cccc(Br)n2)CC1. The van der Waals surface area contributed by atoms with Crippen LogP contribution in [-0.2, 0) is 4.74 Å². The average molecular weight is 341 g/mol. The van der Waals surface area contributed by atoms with Gasteiger partial charge in [-0.15, -0.1) is 0 Å². The molecule has 0 aromatic carbocycles. The minimum absolute atomic E-state index is 0.263. The molecule has 2 rings (SSSR count). The van der Waals surface area contributed by atoms with E-state index in [2.05, 4.69) is 25.8 Å². The lowest BCUT2D eigenvalue weighted by Crippen LogP contribution is -2.50. The van der Waals surface area contributed by atoms with Crippen LogP contribution in [0.1, 0.15) is 20.8 Å². The van der Waals surface area contributed by atoms with Crippen LogP contribution in [0.2, 0.25) is 0 Å². The summed E-state index contributed by atoms with van der Waals surface area (Å²) >= 11 is 3.39. The molecule has 5 nitrogen and oxygen atoms in total. The third kappa shape index (κ3) is 4.10. The third-order valence-corrected chi connectivity index (χ3v) is 3.44. The monoisotopic (exact) mass is 340 g/mol. The van der Waals surface area contributed by atoms with E-state index in [9.17, 15) is 0 Å². The summed E-state index contributed by atoms with van der Waals surface area (Å²) in [4.78, 5) is 8.67. The van der Waals surface area contributed by atoms with E-state index in [1.807, 2.05) is 43.9 Å². The van der Waals surface area contributed by atoms with Crippen molar-refractivity contribution in [1.29, 1.82) is 5.41 Å². The molecular weight excluding hydrogens is 320 g/mol. The molecule has 0 saturated carbocycles. The molecule has 0 aliphatic carbocycles. The zero-order chi connectivity index (χ0) is 14.8. The first-order chi connectivity index (χ1) is 9.35.